The largest absolute Gasteiger partial charge is 0.506 e. The van der Waals surface area contributed by atoms with Gasteiger partial charge in [-0.05, 0) is 31.2 Å². The van der Waals surface area contributed by atoms with Crippen LogP contribution in [0.2, 0.25) is 10.0 Å². The van der Waals surface area contributed by atoms with Gasteiger partial charge >= 0.3 is 0 Å². The van der Waals surface area contributed by atoms with Crippen molar-refractivity contribution >= 4 is 45.7 Å². The Balaban J connectivity index is 2.06. The minimum absolute atomic E-state index is 0.00658. The van der Waals surface area contributed by atoms with Crippen LogP contribution in [0.5, 0.6) is 17.2 Å². The molecule has 0 atom stereocenters. The average Bonchev–Trinajstić information content (AvgIpc) is 2.67. The third-order valence-electron chi connectivity index (χ3n) is 4.44. The van der Waals surface area contributed by atoms with E-state index in [-0.39, 0.29) is 24.2 Å². The lowest BCUT2D eigenvalue weighted by atomic mass is 10.0. The first-order chi connectivity index (χ1) is 13.7. The number of nitrogens with zero attached hydrogens (tertiary/aromatic N) is 1. The van der Waals surface area contributed by atoms with Crippen LogP contribution >= 0.6 is 23.2 Å². The minimum atomic E-state index is -0.651. The van der Waals surface area contributed by atoms with E-state index in [1.54, 1.807) is 36.4 Å². The smallest absolute Gasteiger partial charge is 0.265 e. The number of hydrogen-bond acceptors (Lipinski definition) is 5. The molecule has 1 heterocycles. The van der Waals surface area contributed by atoms with Gasteiger partial charge in [-0.1, -0.05) is 23.2 Å². The predicted octanol–water partition coefficient (Wildman–Crippen LogP) is 4.90. The van der Waals surface area contributed by atoms with Crippen LogP contribution in [0.3, 0.4) is 0 Å². The number of rotatable bonds is 6. The molecule has 0 amide bonds. The first kappa shape index (κ1) is 20.9. The number of aryl methyl sites for hydroxylation is 1. The highest BCUT2D eigenvalue weighted by Gasteiger charge is 2.21. The van der Waals surface area contributed by atoms with Crippen molar-refractivity contribution in [3.63, 3.8) is 0 Å². The van der Waals surface area contributed by atoms with Crippen molar-refractivity contribution in [2.45, 2.75) is 19.8 Å². The molecule has 0 unspecified atom stereocenters. The highest BCUT2D eigenvalue weighted by atomic mass is 35.5. The van der Waals surface area contributed by atoms with Gasteiger partial charge in [-0.3, -0.25) is 9.59 Å². The molecule has 0 radical (unpaired) electrons. The summed E-state index contributed by atoms with van der Waals surface area (Å²) < 4.78 is 7.01. The van der Waals surface area contributed by atoms with E-state index in [2.05, 4.69) is 0 Å². The molecule has 0 bridgehead atoms. The molecule has 2 aromatic carbocycles. The molecule has 0 spiro atoms. The number of fused-ring (bicyclic) bond motifs is 1. The quantitative estimate of drug-likeness (QED) is 0.558. The molecule has 3 aromatic rings. The van der Waals surface area contributed by atoms with E-state index in [1.165, 1.54) is 18.5 Å². The van der Waals surface area contributed by atoms with Gasteiger partial charge in [0.05, 0.1) is 10.5 Å². The van der Waals surface area contributed by atoms with Crippen molar-refractivity contribution in [3.8, 4) is 17.2 Å². The lowest BCUT2D eigenvalue weighted by Crippen LogP contribution is -2.25. The van der Waals surface area contributed by atoms with Crippen LogP contribution in [0.25, 0.3) is 10.9 Å². The van der Waals surface area contributed by atoms with Crippen molar-refractivity contribution in [1.29, 1.82) is 0 Å². The van der Waals surface area contributed by atoms with Gasteiger partial charge in [0.2, 0.25) is 0 Å². The van der Waals surface area contributed by atoms with Gasteiger partial charge in [-0.2, -0.15) is 0 Å². The Kier molecular flexibility index (Phi) is 5.96. The molecule has 0 aliphatic rings. The number of pyridine rings is 1. The summed E-state index contributed by atoms with van der Waals surface area (Å²) in [6.45, 7) is 1.36. The van der Waals surface area contributed by atoms with Gasteiger partial charge in [-0.15, -0.1) is 0 Å². The number of aromatic hydroxyl groups is 1. The molecule has 6 nitrogen and oxygen atoms in total. The van der Waals surface area contributed by atoms with Gasteiger partial charge in [-0.25, -0.2) is 0 Å². The molecule has 1 N–H and O–H groups in total. The Labute approximate surface area is 176 Å². The molecule has 1 aromatic heterocycles. The third-order valence-corrected chi connectivity index (χ3v) is 4.99. The van der Waals surface area contributed by atoms with Crippen LogP contribution in [-0.4, -0.2) is 21.2 Å². The molecule has 0 aliphatic carbocycles. The van der Waals surface area contributed by atoms with Crippen LogP contribution in [-0.2, 0) is 11.8 Å². The molecule has 0 fully saturated rings. The van der Waals surface area contributed by atoms with Crippen LogP contribution < -0.4 is 10.3 Å². The lowest BCUT2D eigenvalue weighted by Gasteiger charge is -2.13. The van der Waals surface area contributed by atoms with Gasteiger partial charge < -0.3 is 19.2 Å². The number of hydrogen-bond donors (Lipinski definition) is 1. The highest BCUT2D eigenvalue weighted by Crippen LogP contribution is 2.35. The summed E-state index contributed by atoms with van der Waals surface area (Å²) in [4.78, 5) is 36.2. The molecule has 0 saturated carbocycles. The molecule has 0 aliphatic heterocycles. The molecule has 150 valence electrons. The Morgan fingerprint density at radius 3 is 2.52 bits per heavy atom. The first-order valence-corrected chi connectivity index (χ1v) is 9.46. The van der Waals surface area contributed by atoms with Crippen LogP contribution in [0.15, 0.2) is 41.2 Å². The summed E-state index contributed by atoms with van der Waals surface area (Å²) in [5, 5.41) is 11.7. The summed E-state index contributed by atoms with van der Waals surface area (Å²) in [6.07, 6.45) is -0.134. The summed E-state index contributed by atoms with van der Waals surface area (Å²) >= 11 is 12.1. The SMILES string of the molecule is CC(=O)CCC(=O)c1c(O)c2ccc(Oc3cc(Cl)ccc3Cl)cc2n(C)c1=O. The van der Waals surface area contributed by atoms with Crippen LogP contribution in [0, 0.1) is 0 Å². The van der Waals surface area contributed by atoms with E-state index in [9.17, 15) is 19.5 Å². The summed E-state index contributed by atoms with van der Waals surface area (Å²) in [5.74, 6) is -0.456. The van der Waals surface area contributed by atoms with E-state index in [1.807, 2.05) is 0 Å². The number of carbonyl (C=O) groups is 2. The minimum Gasteiger partial charge on any atom is -0.506 e. The number of carbonyl (C=O) groups excluding carboxylic acids is 2. The van der Waals surface area contributed by atoms with Gasteiger partial charge in [0.1, 0.15) is 28.6 Å². The number of aromatic nitrogens is 1. The maximum Gasteiger partial charge on any atom is 0.265 e. The maximum atomic E-state index is 12.7. The second-order valence-electron chi connectivity index (χ2n) is 6.57. The zero-order valence-electron chi connectivity index (χ0n) is 15.7. The fourth-order valence-electron chi connectivity index (χ4n) is 2.91. The lowest BCUT2D eigenvalue weighted by molar-refractivity contribution is -0.116. The van der Waals surface area contributed by atoms with Crippen LogP contribution in [0.4, 0.5) is 0 Å². The maximum absolute atomic E-state index is 12.7. The van der Waals surface area contributed by atoms with E-state index < -0.39 is 17.1 Å². The van der Waals surface area contributed by atoms with Crippen molar-refractivity contribution in [1.82, 2.24) is 4.57 Å². The fraction of sp³-hybridized carbons (Fsp3) is 0.190. The average molecular weight is 434 g/mol. The standard InChI is InChI=1S/C21H17Cl2NO5/c1-11(25)3-8-17(26)19-20(27)14-6-5-13(10-16(14)24(2)21(19)28)29-18-9-12(22)4-7-15(18)23/h4-7,9-10,27H,3,8H2,1-2H3. The highest BCUT2D eigenvalue weighted by molar-refractivity contribution is 6.34. The normalized spacial score (nSPS) is 10.9. The molecular formula is C21H17Cl2NO5. The van der Waals surface area contributed by atoms with Gasteiger partial charge in [0.15, 0.2) is 5.78 Å². The Morgan fingerprint density at radius 2 is 1.83 bits per heavy atom. The van der Waals surface area contributed by atoms with Crippen molar-refractivity contribution in [2.75, 3.05) is 0 Å². The zero-order valence-corrected chi connectivity index (χ0v) is 17.2. The molecule has 8 heteroatoms. The van der Waals surface area contributed by atoms with Gasteiger partial charge in [0, 0.05) is 42.4 Å². The fourth-order valence-corrected chi connectivity index (χ4v) is 3.23. The van der Waals surface area contributed by atoms with E-state index in [4.69, 9.17) is 27.9 Å². The number of ether oxygens (including phenoxy) is 1. The van der Waals surface area contributed by atoms with E-state index in [0.717, 1.165) is 0 Å². The predicted molar refractivity (Wildman–Crippen MR) is 112 cm³/mol. The molecule has 29 heavy (non-hydrogen) atoms. The Bertz CT molecular complexity index is 1200. The summed E-state index contributed by atoms with van der Waals surface area (Å²) in [6, 6.07) is 9.45. The second-order valence-corrected chi connectivity index (χ2v) is 7.41. The van der Waals surface area contributed by atoms with Gasteiger partial charge in [0.25, 0.3) is 5.56 Å². The van der Waals surface area contributed by atoms with Crippen molar-refractivity contribution in [3.05, 3.63) is 62.4 Å². The number of benzene rings is 2. The van der Waals surface area contributed by atoms with Crippen LogP contribution in [0.1, 0.15) is 30.1 Å². The monoisotopic (exact) mass is 433 g/mol. The number of Topliss-reactive ketones (excluding diaryl/α,β-unsaturated/α-hetero) is 2. The second kappa shape index (κ2) is 8.27. The molecule has 3 rings (SSSR count). The third kappa shape index (κ3) is 4.28. The van der Waals surface area contributed by atoms with E-state index >= 15 is 0 Å². The molecular weight excluding hydrogens is 417 g/mol. The summed E-state index contributed by atoms with van der Waals surface area (Å²) in [7, 11) is 1.49. The summed E-state index contributed by atoms with van der Waals surface area (Å²) in [5.41, 5.74) is -0.611. The topological polar surface area (TPSA) is 85.6 Å². The zero-order chi connectivity index (χ0) is 21.3. The molecule has 0 saturated heterocycles. The Morgan fingerprint density at radius 1 is 1.10 bits per heavy atom. The van der Waals surface area contributed by atoms with E-state index in [0.29, 0.717) is 32.4 Å². The number of ketones is 2. The van der Waals surface area contributed by atoms with Crippen molar-refractivity contribution in [2.24, 2.45) is 7.05 Å². The number of halogens is 2. The van der Waals surface area contributed by atoms with Crippen molar-refractivity contribution < 1.29 is 19.4 Å². The Hall–Kier alpha value is -2.83. The first-order valence-electron chi connectivity index (χ1n) is 8.70.